The summed E-state index contributed by atoms with van der Waals surface area (Å²) in [7, 11) is 1.62. The molecule has 0 saturated carbocycles. The van der Waals surface area contributed by atoms with Gasteiger partial charge in [0, 0.05) is 13.0 Å². The second-order valence-electron chi connectivity index (χ2n) is 6.18. The highest BCUT2D eigenvalue weighted by Gasteiger charge is 2.26. The molecule has 0 amide bonds. The monoisotopic (exact) mass is 374 g/mol. The highest BCUT2D eigenvalue weighted by molar-refractivity contribution is 7.71. The summed E-state index contributed by atoms with van der Waals surface area (Å²) >= 11 is 5.18. The molecule has 1 unspecified atom stereocenters. The van der Waals surface area contributed by atoms with Crippen molar-refractivity contribution in [1.29, 1.82) is 0 Å². The molecular formula is C18H22N4O3S. The van der Waals surface area contributed by atoms with Crippen LogP contribution in [0.2, 0.25) is 0 Å². The minimum absolute atomic E-state index is 0.0676. The zero-order valence-corrected chi connectivity index (χ0v) is 15.6. The molecule has 1 aliphatic rings. The zero-order chi connectivity index (χ0) is 18.7. The predicted molar refractivity (Wildman–Crippen MR) is 102 cm³/mol. The van der Waals surface area contributed by atoms with Gasteiger partial charge in [-0.25, -0.2) is 0 Å². The molecule has 0 saturated heterocycles. The van der Waals surface area contributed by atoms with Crippen LogP contribution in [0.1, 0.15) is 43.4 Å². The number of aromatic amines is 1. The van der Waals surface area contributed by atoms with Crippen molar-refractivity contribution in [2.75, 3.05) is 7.11 Å². The number of ether oxygens (including phenoxy) is 1. The number of aromatic hydroxyl groups is 1. The molecule has 7 nitrogen and oxygen atoms in total. The van der Waals surface area contributed by atoms with Crippen LogP contribution in [0.15, 0.2) is 34.2 Å². The fourth-order valence-electron chi connectivity index (χ4n) is 2.97. The van der Waals surface area contributed by atoms with Crippen LogP contribution in [0.4, 0.5) is 0 Å². The van der Waals surface area contributed by atoms with E-state index in [-0.39, 0.29) is 22.3 Å². The lowest BCUT2D eigenvalue weighted by molar-refractivity contribution is 0.398. The molecule has 0 bridgehead atoms. The molecule has 1 aliphatic heterocycles. The number of nitrogens with one attached hydrogen (secondary N) is 2. The van der Waals surface area contributed by atoms with Gasteiger partial charge in [-0.3, -0.25) is 14.3 Å². The van der Waals surface area contributed by atoms with Gasteiger partial charge in [-0.15, -0.1) is 0 Å². The van der Waals surface area contributed by atoms with E-state index in [1.165, 1.54) is 0 Å². The first-order valence-electron chi connectivity index (χ1n) is 8.57. The Hall–Kier alpha value is -2.61. The number of hydrogen-bond acceptors (Lipinski definition) is 6. The van der Waals surface area contributed by atoms with Crippen LogP contribution in [0.25, 0.3) is 0 Å². The average Bonchev–Trinajstić information content (AvgIpc) is 3.11. The van der Waals surface area contributed by atoms with Crippen molar-refractivity contribution in [2.24, 2.45) is 5.10 Å². The minimum atomic E-state index is -0.420. The average molecular weight is 374 g/mol. The number of benzene rings is 1. The Morgan fingerprint density at radius 2 is 2.12 bits per heavy atom. The van der Waals surface area contributed by atoms with Crippen molar-refractivity contribution in [3.8, 4) is 11.6 Å². The van der Waals surface area contributed by atoms with Gasteiger partial charge in [0.25, 0.3) is 5.56 Å². The molecule has 3 rings (SSSR count). The smallest absolute Gasteiger partial charge is 0.264 e. The fraction of sp³-hybridized carbons (Fsp3) is 0.389. The lowest BCUT2D eigenvalue weighted by Crippen LogP contribution is -2.22. The maximum atomic E-state index is 12.4. The molecule has 8 heteroatoms. The van der Waals surface area contributed by atoms with Crippen LogP contribution in [0.3, 0.4) is 0 Å². The van der Waals surface area contributed by atoms with Crippen molar-refractivity contribution in [3.63, 3.8) is 0 Å². The van der Waals surface area contributed by atoms with E-state index in [4.69, 9.17) is 17.0 Å². The third kappa shape index (κ3) is 3.50. The summed E-state index contributed by atoms with van der Waals surface area (Å²) in [5.41, 5.74) is 4.34. The zero-order valence-electron chi connectivity index (χ0n) is 14.8. The molecule has 2 heterocycles. The Morgan fingerprint density at radius 3 is 2.77 bits per heavy atom. The number of hydrogen-bond donors (Lipinski definition) is 3. The SMILES string of the molecule is CCCCn1c(O)c(C2=NNC(c3ccc(OC)cc3)C2)c(=O)[nH]c1=S. The normalized spacial score (nSPS) is 16.2. The van der Waals surface area contributed by atoms with Crippen LogP contribution in [0.5, 0.6) is 11.6 Å². The van der Waals surface area contributed by atoms with E-state index in [0.29, 0.717) is 18.7 Å². The fourth-order valence-corrected chi connectivity index (χ4v) is 3.24. The minimum Gasteiger partial charge on any atom is -0.497 e. The number of nitrogens with zero attached hydrogens (tertiary/aromatic N) is 2. The van der Waals surface area contributed by atoms with Gasteiger partial charge in [-0.1, -0.05) is 25.5 Å². The second kappa shape index (κ2) is 7.74. The third-order valence-corrected chi connectivity index (χ3v) is 4.79. The molecule has 1 atom stereocenters. The summed E-state index contributed by atoms with van der Waals surface area (Å²) in [5.74, 6) is 0.656. The van der Waals surface area contributed by atoms with Crippen LogP contribution in [-0.4, -0.2) is 27.5 Å². The predicted octanol–water partition coefficient (Wildman–Crippen LogP) is 2.86. The highest BCUT2D eigenvalue weighted by Crippen LogP contribution is 2.27. The van der Waals surface area contributed by atoms with Gasteiger partial charge in [-0.2, -0.15) is 5.10 Å². The molecule has 1 aromatic carbocycles. The van der Waals surface area contributed by atoms with Crippen molar-refractivity contribution in [1.82, 2.24) is 15.0 Å². The maximum absolute atomic E-state index is 12.4. The summed E-state index contributed by atoms with van der Waals surface area (Å²) in [6, 6.07) is 7.59. The van der Waals surface area contributed by atoms with Crippen LogP contribution < -0.4 is 15.7 Å². The van der Waals surface area contributed by atoms with Gasteiger partial charge < -0.3 is 15.3 Å². The molecule has 2 aromatic rings. The van der Waals surface area contributed by atoms with Gasteiger partial charge in [0.2, 0.25) is 5.88 Å². The summed E-state index contributed by atoms with van der Waals surface area (Å²) < 4.78 is 6.95. The first-order chi connectivity index (χ1) is 12.5. The quantitative estimate of drug-likeness (QED) is 0.676. The van der Waals surface area contributed by atoms with Gasteiger partial charge in [0.1, 0.15) is 11.3 Å². The van der Waals surface area contributed by atoms with Crippen molar-refractivity contribution in [2.45, 2.75) is 38.8 Å². The molecule has 1 aromatic heterocycles. The number of unbranched alkanes of at least 4 members (excludes halogenated alkanes) is 1. The molecule has 0 radical (unpaired) electrons. The molecule has 3 N–H and O–H groups in total. The van der Waals surface area contributed by atoms with E-state index in [1.54, 1.807) is 11.7 Å². The Balaban J connectivity index is 1.88. The number of methoxy groups -OCH3 is 1. The van der Waals surface area contributed by atoms with E-state index in [9.17, 15) is 9.90 Å². The maximum Gasteiger partial charge on any atom is 0.264 e. The summed E-state index contributed by atoms with van der Waals surface area (Å²) in [6.45, 7) is 2.60. The highest BCUT2D eigenvalue weighted by atomic mass is 32.1. The molecule has 0 aliphatic carbocycles. The van der Waals surface area contributed by atoms with E-state index >= 15 is 0 Å². The van der Waals surface area contributed by atoms with E-state index in [2.05, 4.69) is 22.4 Å². The van der Waals surface area contributed by atoms with Gasteiger partial charge in [0.15, 0.2) is 4.77 Å². The van der Waals surface area contributed by atoms with E-state index in [0.717, 1.165) is 24.2 Å². The summed E-state index contributed by atoms with van der Waals surface area (Å²) in [4.78, 5) is 15.0. The number of H-pyrrole nitrogens is 1. The van der Waals surface area contributed by atoms with E-state index in [1.807, 2.05) is 24.3 Å². The number of hydrazone groups is 1. The van der Waals surface area contributed by atoms with Gasteiger partial charge in [-0.05, 0) is 36.3 Å². The lowest BCUT2D eigenvalue weighted by Gasteiger charge is -2.13. The van der Waals surface area contributed by atoms with Gasteiger partial charge in [0.05, 0.1) is 18.9 Å². The topological polar surface area (TPSA) is 91.6 Å². The van der Waals surface area contributed by atoms with Crippen LogP contribution in [-0.2, 0) is 6.54 Å². The third-order valence-electron chi connectivity index (χ3n) is 4.47. The molecule has 26 heavy (non-hydrogen) atoms. The van der Waals surface area contributed by atoms with Crippen LogP contribution >= 0.6 is 12.2 Å². The molecule has 0 spiro atoms. The molecule has 0 fully saturated rings. The molecular weight excluding hydrogens is 352 g/mol. The van der Waals surface area contributed by atoms with Crippen LogP contribution in [0, 0.1) is 4.77 Å². The van der Waals surface area contributed by atoms with Gasteiger partial charge >= 0.3 is 0 Å². The first kappa shape index (κ1) is 18.2. The summed E-state index contributed by atoms with van der Waals surface area (Å²) in [5, 5.41) is 14.9. The Bertz CT molecular complexity index is 931. The first-order valence-corrected chi connectivity index (χ1v) is 8.98. The van der Waals surface area contributed by atoms with E-state index < -0.39 is 5.56 Å². The summed E-state index contributed by atoms with van der Waals surface area (Å²) in [6.07, 6.45) is 2.30. The Morgan fingerprint density at radius 1 is 1.38 bits per heavy atom. The Labute approximate surface area is 156 Å². The standard InChI is InChI=1S/C18H22N4O3S/c1-3-4-9-22-17(24)15(16(23)19-18(22)26)14-10-13(20-21-14)11-5-7-12(25-2)8-6-11/h5-8,13,20,24H,3-4,9-10H2,1-2H3,(H,19,23,26). The second-order valence-corrected chi connectivity index (χ2v) is 6.57. The van der Waals surface area contributed by atoms with Crippen molar-refractivity contribution in [3.05, 3.63) is 50.5 Å². The molecule has 138 valence electrons. The lowest BCUT2D eigenvalue weighted by atomic mass is 10.00. The van der Waals surface area contributed by atoms with Crippen molar-refractivity contribution < 1.29 is 9.84 Å². The largest absolute Gasteiger partial charge is 0.497 e. The Kier molecular flexibility index (Phi) is 5.41. The number of rotatable bonds is 6. The number of aromatic nitrogens is 2. The van der Waals surface area contributed by atoms with Crippen molar-refractivity contribution >= 4 is 17.9 Å².